The average Bonchev–Trinajstić information content (AvgIpc) is 2.87. The summed E-state index contributed by atoms with van der Waals surface area (Å²) in [6.07, 6.45) is 0.663. The van der Waals surface area contributed by atoms with Gasteiger partial charge >= 0.3 is 0 Å². The summed E-state index contributed by atoms with van der Waals surface area (Å²) in [5.74, 6) is 0.383. The SMILES string of the molecule is Cc1c(CCNS(=O)(=O)c2ccc(C(C)C)cc2)c2ccccc2n1C. The zero-order valence-electron chi connectivity index (χ0n) is 15.8. The second kappa shape index (κ2) is 7.25. The Labute approximate surface area is 155 Å². The minimum atomic E-state index is -3.49. The molecule has 0 radical (unpaired) electrons. The highest BCUT2D eigenvalue weighted by atomic mass is 32.2. The Bertz CT molecular complexity index is 1020. The van der Waals surface area contributed by atoms with Crippen LogP contribution in [0.15, 0.2) is 53.4 Å². The third-order valence-corrected chi connectivity index (χ3v) is 6.53. The maximum atomic E-state index is 12.5. The molecule has 1 heterocycles. The molecule has 138 valence electrons. The molecule has 0 aliphatic rings. The average molecular weight is 371 g/mol. The van der Waals surface area contributed by atoms with E-state index in [-0.39, 0.29) is 0 Å². The van der Waals surface area contributed by atoms with Crippen LogP contribution in [0.5, 0.6) is 0 Å². The van der Waals surface area contributed by atoms with Crippen molar-refractivity contribution >= 4 is 20.9 Å². The van der Waals surface area contributed by atoms with Gasteiger partial charge in [-0.2, -0.15) is 0 Å². The summed E-state index contributed by atoms with van der Waals surface area (Å²) in [4.78, 5) is 0.316. The quantitative estimate of drug-likeness (QED) is 0.709. The van der Waals surface area contributed by atoms with Gasteiger partial charge in [0.15, 0.2) is 0 Å². The fraction of sp³-hybridized carbons (Fsp3) is 0.333. The molecule has 0 atom stereocenters. The first-order chi connectivity index (χ1) is 12.3. The van der Waals surface area contributed by atoms with Crippen LogP contribution in [-0.2, 0) is 23.5 Å². The lowest BCUT2D eigenvalue weighted by atomic mass is 10.0. The maximum absolute atomic E-state index is 12.5. The van der Waals surface area contributed by atoms with Gasteiger partial charge in [0.2, 0.25) is 10.0 Å². The number of aromatic nitrogens is 1. The summed E-state index contributed by atoms with van der Waals surface area (Å²) in [6.45, 7) is 6.64. The van der Waals surface area contributed by atoms with E-state index in [9.17, 15) is 8.42 Å². The van der Waals surface area contributed by atoms with E-state index in [2.05, 4.69) is 42.2 Å². The highest BCUT2D eigenvalue weighted by molar-refractivity contribution is 7.89. The standard InChI is InChI=1S/C21H26N2O2S/c1-15(2)17-9-11-18(12-10-17)26(24,25)22-14-13-19-16(3)23(4)21-8-6-5-7-20(19)21/h5-12,15,22H,13-14H2,1-4H3. The van der Waals surface area contributed by atoms with Crippen molar-refractivity contribution in [2.45, 2.75) is 38.0 Å². The third kappa shape index (κ3) is 3.55. The monoisotopic (exact) mass is 370 g/mol. The van der Waals surface area contributed by atoms with Gasteiger partial charge in [-0.1, -0.05) is 44.2 Å². The van der Waals surface area contributed by atoms with Crippen LogP contribution >= 0.6 is 0 Å². The minimum Gasteiger partial charge on any atom is -0.348 e. The molecule has 0 amide bonds. The van der Waals surface area contributed by atoms with Crippen molar-refractivity contribution in [3.8, 4) is 0 Å². The lowest BCUT2D eigenvalue weighted by Crippen LogP contribution is -2.26. The minimum absolute atomic E-state index is 0.316. The molecule has 0 fully saturated rings. The van der Waals surface area contributed by atoms with Crippen molar-refractivity contribution in [3.63, 3.8) is 0 Å². The van der Waals surface area contributed by atoms with Crippen LogP contribution in [0.25, 0.3) is 10.9 Å². The molecule has 26 heavy (non-hydrogen) atoms. The molecule has 0 bridgehead atoms. The molecule has 1 N–H and O–H groups in total. The van der Waals surface area contributed by atoms with Crippen molar-refractivity contribution in [3.05, 3.63) is 65.4 Å². The van der Waals surface area contributed by atoms with E-state index in [1.807, 2.05) is 31.3 Å². The maximum Gasteiger partial charge on any atom is 0.240 e. The van der Waals surface area contributed by atoms with Gasteiger partial charge in [-0.25, -0.2) is 13.1 Å². The predicted molar refractivity (Wildman–Crippen MR) is 107 cm³/mol. The fourth-order valence-electron chi connectivity index (χ4n) is 3.34. The van der Waals surface area contributed by atoms with Crippen molar-refractivity contribution in [1.29, 1.82) is 0 Å². The van der Waals surface area contributed by atoms with Gasteiger partial charge in [-0.05, 0) is 48.6 Å². The van der Waals surface area contributed by atoms with Crippen molar-refractivity contribution < 1.29 is 8.42 Å². The highest BCUT2D eigenvalue weighted by Crippen LogP contribution is 2.25. The number of aryl methyl sites for hydroxylation is 1. The molecule has 0 saturated heterocycles. The topological polar surface area (TPSA) is 51.1 Å². The number of hydrogen-bond acceptors (Lipinski definition) is 2. The molecule has 2 aromatic carbocycles. The summed E-state index contributed by atoms with van der Waals surface area (Å²) in [5.41, 5.74) is 4.68. The molecule has 5 heteroatoms. The molecular weight excluding hydrogens is 344 g/mol. The second-order valence-corrected chi connectivity index (χ2v) is 8.78. The van der Waals surface area contributed by atoms with Crippen LogP contribution in [-0.4, -0.2) is 19.5 Å². The van der Waals surface area contributed by atoms with Crippen LogP contribution < -0.4 is 4.72 Å². The van der Waals surface area contributed by atoms with Gasteiger partial charge in [0.1, 0.15) is 0 Å². The number of para-hydroxylation sites is 1. The van der Waals surface area contributed by atoms with E-state index in [0.29, 0.717) is 23.8 Å². The predicted octanol–water partition coefficient (Wildman–Crippen LogP) is 4.13. The first kappa shape index (κ1) is 18.7. The number of hydrogen-bond donors (Lipinski definition) is 1. The van der Waals surface area contributed by atoms with Gasteiger partial charge < -0.3 is 4.57 Å². The highest BCUT2D eigenvalue weighted by Gasteiger charge is 2.16. The van der Waals surface area contributed by atoms with Crippen LogP contribution in [0.4, 0.5) is 0 Å². The van der Waals surface area contributed by atoms with E-state index < -0.39 is 10.0 Å². The third-order valence-electron chi connectivity index (χ3n) is 5.05. The Hall–Kier alpha value is -2.11. The lowest BCUT2D eigenvalue weighted by molar-refractivity contribution is 0.581. The van der Waals surface area contributed by atoms with E-state index in [1.54, 1.807) is 12.1 Å². The molecule has 4 nitrogen and oxygen atoms in total. The Morgan fingerprint density at radius 1 is 1.04 bits per heavy atom. The summed E-state index contributed by atoms with van der Waals surface area (Å²) in [6, 6.07) is 15.4. The summed E-state index contributed by atoms with van der Waals surface area (Å²) in [5, 5.41) is 1.19. The zero-order chi connectivity index (χ0) is 18.9. The van der Waals surface area contributed by atoms with E-state index in [1.165, 1.54) is 22.2 Å². The number of fused-ring (bicyclic) bond motifs is 1. The molecule has 3 rings (SSSR count). The largest absolute Gasteiger partial charge is 0.348 e. The van der Waals surface area contributed by atoms with E-state index >= 15 is 0 Å². The Morgan fingerprint density at radius 3 is 2.35 bits per heavy atom. The van der Waals surface area contributed by atoms with E-state index in [4.69, 9.17) is 0 Å². The first-order valence-corrected chi connectivity index (χ1v) is 10.4. The fourth-order valence-corrected chi connectivity index (χ4v) is 4.37. The number of sulfonamides is 1. The number of nitrogens with one attached hydrogen (secondary N) is 1. The Morgan fingerprint density at radius 2 is 1.69 bits per heavy atom. The van der Waals surface area contributed by atoms with Crippen LogP contribution in [0.3, 0.4) is 0 Å². The molecular formula is C21H26N2O2S. The van der Waals surface area contributed by atoms with Crippen LogP contribution in [0, 0.1) is 6.92 Å². The normalized spacial score (nSPS) is 12.2. The van der Waals surface area contributed by atoms with E-state index in [0.717, 1.165) is 5.56 Å². The summed E-state index contributed by atoms with van der Waals surface area (Å²) < 4.78 is 30.0. The molecule has 0 aliphatic carbocycles. The van der Waals surface area contributed by atoms with Gasteiger partial charge in [-0.15, -0.1) is 0 Å². The number of rotatable bonds is 6. The van der Waals surface area contributed by atoms with Gasteiger partial charge in [-0.3, -0.25) is 0 Å². The van der Waals surface area contributed by atoms with Crippen molar-refractivity contribution in [1.82, 2.24) is 9.29 Å². The van der Waals surface area contributed by atoms with Gasteiger partial charge in [0.05, 0.1) is 4.90 Å². The van der Waals surface area contributed by atoms with Crippen LogP contribution in [0.2, 0.25) is 0 Å². The summed E-state index contributed by atoms with van der Waals surface area (Å²) in [7, 11) is -1.45. The summed E-state index contributed by atoms with van der Waals surface area (Å²) >= 11 is 0. The molecule has 0 saturated carbocycles. The molecule has 0 spiro atoms. The van der Waals surface area contributed by atoms with Gasteiger partial charge in [0, 0.05) is 30.2 Å². The number of benzene rings is 2. The molecule has 3 aromatic rings. The smallest absolute Gasteiger partial charge is 0.240 e. The number of nitrogens with zero attached hydrogens (tertiary/aromatic N) is 1. The lowest BCUT2D eigenvalue weighted by Gasteiger charge is -2.09. The molecule has 1 aromatic heterocycles. The van der Waals surface area contributed by atoms with Gasteiger partial charge in [0.25, 0.3) is 0 Å². The second-order valence-electron chi connectivity index (χ2n) is 7.01. The zero-order valence-corrected chi connectivity index (χ0v) is 16.6. The van der Waals surface area contributed by atoms with Crippen LogP contribution in [0.1, 0.15) is 36.6 Å². The van der Waals surface area contributed by atoms with Crippen molar-refractivity contribution in [2.75, 3.05) is 6.54 Å². The Balaban J connectivity index is 1.74. The Kier molecular flexibility index (Phi) is 5.21. The molecule has 0 unspecified atom stereocenters. The first-order valence-electron chi connectivity index (χ1n) is 8.94. The molecule has 0 aliphatic heterocycles. The van der Waals surface area contributed by atoms with Crippen molar-refractivity contribution in [2.24, 2.45) is 7.05 Å².